The van der Waals surface area contributed by atoms with Crippen LogP contribution < -0.4 is 20.4 Å². The number of carbonyl (C=O) groups is 1. The van der Waals surface area contributed by atoms with Crippen LogP contribution in [0.25, 0.3) is 11.1 Å². The summed E-state index contributed by atoms with van der Waals surface area (Å²) >= 11 is 0. The standard InChI is InChI=1S/C36H40F2N10O2/c1-46-22-28(21-43-46)26-7-12-31(40-19-26)48(34(49)42-18-25-5-3-2-4-6-25)30-10-8-29(9-11-30)44-33-41-20-27(17-39)32(45-33)47-15-13-35(14-16-47)23-36(37,38)24-50-35/h2-7,12,19-22,29-30H,8-11,13-16,18,23-24H2,1H3,(H,42,49)(H,41,44,45). The van der Waals surface area contributed by atoms with Crippen molar-refractivity contribution in [1.29, 1.82) is 5.26 Å². The fourth-order valence-electron chi connectivity index (χ4n) is 7.29. The van der Waals surface area contributed by atoms with Crippen LogP contribution >= 0.6 is 0 Å². The van der Waals surface area contributed by atoms with E-state index in [2.05, 4.69) is 26.8 Å². The molecule has 0 radical (unpaired) electrons. The zero-order chi connectivity index (χ0) is 34.7. The van der Waals surface area contributed by atoms with E-state index in [1.54, 1.807) is 22.0 Å². The molecule has 50 heavy (non-hydrogen) atoms. The lowest BCUT2D eigenvalue weighted by atomic mass is 9.87. The molecular formula is C36H40F2N10O2. The van der Waals surface area contributed by atoms with Crippen molar-refractivity contribution in [1.82, 2.24) is 30.0 Å². The number of pyridine rings is 1. The van der Waals surface area contributed by atoms with Crippen LogP contribution in [-0.2, 0) is 18.3 Å². The van der Waals surface area contributed by atoms with Crippen LogP contribution in [0.3, 0.4) is 0 Å². The molecule has 3 fully saturated rings. The fraction of sp³-hybridized carbons (Fsp3) is 0.444. The lowest BCUT2D eigenvalue weighted by Crippen LogP contribution is -2.49. The number of alkyl halides is 2. The molecule has 5 heterocycles. The summed E-state index contributed by atoms with van der Waals surface area (Å²) in [6.45, 7) is 0.791. The fourth-order valence-corrected chi connectivity index (χ4v) is 7.29. The molecule has 2 saturated heterocycles. The lowest BCUT2D eigenvalue weighted by molar-refractivity contribution is -0.0320. The van der Waals surface area contributed by atoms with Gasteiger partial charge in [-0.05, 0) is 56.2 Å². The maximum absolute atomic E-state index is 13.9. The van der Waals surface area contributed by atoms with Gasteiger partial charge in [-0.3, -0.25) is 9.58 Å². The second-order valence-corrected chi connectivity index (χ2v) is 13.5. The van der Waals surface area contributed by atoms with E-state index in [1.165, 1.54) is 6.20 Å². The van der Waals surface area contributed by atoms with E-state index in [0.717, 1.165) is 42.4 Å². The van der Waals surface area contributed by atoms with Crippen LogP contribution in [0.1, 0.15) is 56.1 Å². The van der Waals surface area contributed by atoms with E-state index in [4.69, 9.17) is 14.7 Å². The van der Waals surface area contributed by atoms with Crippen molar-refractivity contribution in [3.63, 3.8) is 0 Å². The number of nitrogens with zero attached hydrogens (tertiary/aromatic N) is 8. The highest BCUT2D eigenvalue weighted by Gasteiger charge is 2.52. The number of anilines is 3. The number of amides is 2. The summed E-state index contributed by atoms with van der Waals surface area (Å²) in [5.41, 5.74) is 2.39. The number of hydrogen-bond donors (Lipinski definition) is 2. The van der Waals surface area contributed by atoms with Gasteiger partial charge < -0.3 is 20.3 Å². The predicted molar refractivity (Wildman–Crippen MR) is 184 cm³/mol. The minimum Gasteiger partial charge on any atom is -0.368 e. The molecule has 0 atom stereocenters. The molecule has 260 valence electrons. The predicted octanol–water partition coefficient (Wildman–Crippen LogP) is 5.68. The van der Waals surface area contributed by atoms with Crippen molar-refractivity contribution < 1.29 is 18.3 Å². The molecule has 4 aromatic rings. The number of aryl methyl sites for hydroxylation is 1. The third kappa shape index (κ3) is 7.38. The number of nitrogens with one attached hydrogen (secondary N) is 2. The first kappa shape index (κ1) is 33.3. The van der Waals surface area contributed by atoms with Crippen molar-refractivity contribution in [2.24, 2.45) is 7.05 Å². The quantitative estimate of drug-likeness (QED) is 0.241. The Morgan fingerprint density at radius 1 is 1.04 bits per heavy atom. The van der Waals surface area contributed by atoms with Gasteiger partial charge in [0.1, 0.15) is 24.1 Å². The average Bonchev–Trinajstić information content (AvgIpc) is 3.70. The third-order valence-corrected chi connectivity index (χ3v) is 9.97. The maximum Gasteiger partial charge on any atom is 0.323 e. The highest BCUT2D eigenvalue weighted by molar-refractivity contribution is 5.91. The van der Waals surface area contributed by atoms with Gasteiger partial charge in [0.2, 0.25) is 5.95 Å². The summed E-state index contributed by atoms with van der Waals surface area (Å²) in [6, 6.07) is 15.6. The van der Waals surface area contributed by atoms with Gasteiger partial charge in [-0.2, -0.15) is 15.3 Å². The van der Waals surface area contributed by atoms with Crippen LogP contribution in [0.4, 0.5) is 31.2 Å². The van der Waals surface area contributed by atoms with Crippen LogP contribution in [0.2, 0.25) is 0 Å². The van der Waals surface area contributed by atoms with E-state index >= 15 is 0 Å². The van der Waals surface area contributed by atoms with Crippen LogP contribution in [-0.4, -0.2) is 74.1 Å². The molecular weight excluding hydrogens is 642 g/mol. The second-order valence-electron chi connectivity index (χ2n) is 13.5. The maximum atomic E-state index is 13.9. The first-order valence-corrected chi connectivity index (χ1v) is 17.1. The topological polar surface area (TPSA) is 137 Å². The Kier molecular flexibility index (Phi) is 9.33. The van der Waals surface area contributed by atoms with E-state index in [1.807, 2.05) is 60.6 Å². The second kappa shape index (κ2) is 14.0. The molecule has 1 spiro atoms. The Labute approximate surface area is 289 Å². The molecule has 2 N–H and O–H groups in total. The molecule has 0 unspecified atom stereocenters. The van der Waals surface area contributed by atoms with Crippen LogP contribution in [0.5, 0.6) is 0 Å². The van der Waals surface area contributed by atoms with Crippen molar-refractivity contribution in [2.75, 3.05) is 34.8 Å². The zero-order valence-electron chi connectivity index (χ0n) is 27.9. The number of aromatic nitrogens is 5. The molecule has 3 aliphatic rings. The molecule has 12 nitrogen and oxygen atoms in total. The summed E-state index contributed by atoms with van der Waals surface area (Å²) in [6.07, 6.45) is 10.6. The van der Waals surface area contributed by atoms with Crippen molar-refractivity contribution >= 4 is 23.6 Å². The number of benzene rings is 1. The van der Waals surface area contributed by atoms with Gasteiger partial charge in [-0.15, -0.1) is 0 Å². The van der Waals surface area contributed by atoms with Gasteiger partial charge in [-0.25, -0.2) is 23.5 Å². The number of piperidine rings is 1. The molecule has 14 heteroatoms. The normalized spacial score (nSPS) is 21.0. The summed E-state index contributed by atoms with van der Waals surface area (Å²) in [5, 5.41) is 20.6. The lowest BCUT2D eigenvalue weighted by Gasteiger charge is -2.39. The Bertz CT molecular complexity index is 1830. The van der Waals surface area contributed by atoms with E-state index in [-0.39, 0.29) is 24.5 Å². The molecule has 2 aliphatic heterocycles. The number of urea groups is 1. The smallest absolute Gasteiger partial charge is 0.323 e. The monoisotopic (exact) mass is 682 g/mol. The van der Waals surface area contributed by atoms with Crippen molar-refractivity contribution in [3.8, 4) is 17.2 Å². The third-order valence-electron chi connectivity index (χ3n) is 9.97. The zero-order valence-corrected chi connectivity index (χ0v) is 27.9. The average molecular weight is 683 g/mol. The largest absolute Gasteiger partial charge is 0.368 e. The Hall–Kier alpha value is -5.16. The minimum atomic E-state index is -2.80. The number of hydrogen-bond acceptors (Lipinski definition) is 9. The highest BCUT2D eigenvalue weighted by atomic mass is 19.3. The first-order valence-electron chi connectivity index (χ1n) is 17.1. The molecule has 1 saturated carbocycles. The number of halogens is 2. The van der Waals surface area contributed by atoms with Crippen LogP contribution in [0.15, 0.2) is 67.3 Å². The summed E-state index contributed by atoms with van der Waals surface area (Å²) in [7, 11) is 1.87. The summed E-state index contributed by atoms with van der Waals surface area (Å²) in [5.74, 6) is -1.30. The first-order chi connectivity index (χ1) is 24.2. The molecule has 1 aliphatic carbocycles. The number of rotatable bonds is 8. The molecule has 3 aromatic heterocycles. The van der Waals surface area contributed by atoms with Gasteiger partial charge in [0, 0.05) is 68.7 Å². The van der Waals surface area contributed by atoms with Crippen LogP contribution in [0, 0.1) is 11.3 Å². The van der Waals surface area contributed by atoms with Gasteiger partial charge in [0.15, 0.2) is 5.82 Å². The molecule has 0 bridgehead atoms. The summed E-state index contributed by atoms with van der Waals surface area (Å²) in [4.78, 5) is 31.4. The summed E-state index contributed by atoms with van der Waals surface area (Å²) < 4.78 is 35.1. The molecule has 2 amide bonds. The highest BCUT2D eigenvalue weighted by Crippen LogP contribution is 2.44. The SMILES string of the molecule is Cn1cc(-c2ccc(N(C(=O)NCc3ccccc3)C3CCC(Nc4ncc(C#N)c(N5CCC6(CC5)CC(F)(F)CO6)n4)CC3)nc2)cn1. The van der Waals surface area contributed by atoms with Gasteiger partial charge >= 0.3 is 6.03 Å². The van der Waals surface area contributed by atoms with Gasteiger partial charge in [0.05, 0.1) is 18.0 Å². The van der Waals surface area contributed by atoms with E-state index in [9.17, 15) is 18.8 Å². The van der Waals surface area contributed by atoms with Crippen molar-refractivity contribution in [3.05, 3.63) is 78.4 Å². The number of ether oxygens (including phenoxy) is 1. The van der Waals surface area contributed by atoms with Crippen molar-refractivity contribution in [2.45, 2.75) is 75.1 Å². The van der Waals surface area contributed by atoms with Gasteiger partial charge in [0.25, 0.3) is 5.92 Å². The van der Waals surface area contributed by atoms with Gasteiger partial charge in [-0.1, -0.05) is 30.3 Å². The number of carbonyl (C=O) groups excluding carboxylic acids is 1. The Morgan fingerprint density at radius 2 is 1.82 bits per heavy atom. The minimum absolute atomic E-state index is 0.0564. The van der Waals surface area contributed by atoms with E-state index in [0.29, 0.717) is 55.6 Å². The number of nitriles is 1. The molecule has 7 rings (SSSR count). The molecule has 1 aromatic carbocycles. The van der Waals surface area contributed by atoms with E-state index < -0.39 is 18.1 Å². The Morgan fingerprint density at radius 3 is 2.46 bits per heavy atom. The Balaban J connectivity index is 1.01.